The van der Waals surface area contributed by atoms with Crippen molar-refractivity contribution in [3.63, 3.8) is 0 Å². The second kappa shape index (κ2) is 10.6. The van der Waals surface area contributed by atoms with Crippen LogP contribution in [0.1, 0.15) is 32.3 Å². The van der Waals surface area contributed by atoms with Crippen LogP contribution in [0, 0.1) is 5.92 Å². The van der Waals surface area contributed by atoms with E-state index in [9.17, 15) is 0 Å². The van der Waals surface area contributed by atoms with Gasteiger partial charge >= 0.3 is 0 Å². The molecule has 0 amide bonds. The molecule has 24 heavy (non-hydrogen) atoms. The van der Waals surface area contributed by atoms with E-state index >= 15 is 0 Å². The van der Waals surface area contributed by atoms with E-state index in [2.05, 4.69) is 29.5 Å². The second-order valence-corrected chi connectivity index (χ2v) is 5.91. The topological polar surface area (TPSA) is 64.1 Å². The predicted octanol–water partition coefficient (Wildman–Crippen LogP) is 2.81. The first-order valence-electron chi connectivity index (χ1n) is 8.29. The number of rotatable bonds is 9. The first-order valence-corrected chi connectivity index (χ1v) is 8.29. The molecule has 1 rings (SSSR count). The smallest absolute Gasteiger partial charge is 0.191 e. The Hall–Kier alpha value is -2.11. The molecule has 6 nitrogen and oxygen atoms in total. The lowest BCUT2D eigenvalue weighted by atomic mass is 10.1. The zero-order chi connectivity index (χ0) is 17.9. The van der Waals surface area contributed by atoms with Crippen LogP contribution in [0.2, 0.25) is 0 Å². The van der Waals surface area contributed by atoms with Gasteiger partial charge in [0.05, 0.1) is 21.3 Å². The van der Waals surface area contributed by atoms with Crippen LogP contribution in [0.25, 0.3) is 0 Å². The number of nitrogens with zero attached hydrogens (tertiary/aromatic N) is 1. The Morgan fingerprint density at radius 3 is 2.17 bits per heavy atom. The third-order valence-electron chi connectivity index (χ3n) is 3.71. The summed E-state index contributed by atoms with van der Waals surface area (Å²) < 4.78 is 16.1. The van der Waals surface area contributed by atoms with Crippen LogP contribution in [0.3, 0.4) is 0 Å². The lowest BCUT2D eigenvalue weighted by Gasteiger charge is -2.16. The molecule has 136 valence electrons. The van der Waals surface area contributed by atoms with Gasteiger partial charge in [0.1, 0.15) is 5.75 Å². The van der Waals surface area contributed by atoms with E-state index in [1.165, 1.54) is 6.42 Å². The van der Waals surface area contributed by atoms with Crippen LogP contribution in [0.4, 0.5) is 0 Å². The van der Waals surface area contributed by atoms with E-state index in [1.54, 1.807) is 28.4 Å². The van der Waals surface area contributed by atoms with E-state index in [1.807, 2.05) is 12.1 Å². The number of ether oxygens (including phenoxy) is 3. The summed E-state index contributed by atoms with van der Waals surface area (Å²) >= 11 is 0. The summed E-state index contributed by atoms with van der Waals surface area (Å²) in [6, 6.07) is 3.74. The van der Waals surface area contributed by atoms with Crippen LogP contribution in [0.5, 0.6) is 17.2 Å². The van der Waals surface area contributed by atoms with Crippen molar-refractivity contribution in [2.24, 2.45) is 10.9 Å². The SMILES string of the molecule is CN=C(NCCCC(C)C)NCc1cc(OC)c(OC)cc1OC. The Balaban J connectivity index is 2.67. The average molecular weight is 337 g/mol. The fourth-order valence-corrected chi connectivity index (χ4v) is 2.35. The van der Waals surface area contributed by atoms with E-state index in [-0.39, 0.29) is 0 Å². The molecule has 0 heterocycles. The van der Waals surface area contributed by atoms with Crippen molar-refractivity contribution in [1.82, 2.24) is 10.6 Å². The summed E-state index contributed by atoms with van der Waals surface area (Å²) in [4.78, 5) is 4.25. The normalized spacial score (nSPS) is 11.4. The third-order valence-corrected chi connectivity index (χ3v) is 3.71. The highest BCUT2D eigenvalue weighted by Gasteiger charge is 2.12. The standard InChI is InChI=1S/C18H31N3O3/c1-13(2)8-7-9-20-18(19-3)21-12-14-10-16(23-5)17(24-6)11-15(14)22-4/h10-11,13H,7-9,12H2,1-6H3,(H2,19,20,21). The summed E-state index contributed by atoms with van der Waals surface area (Å²) in [6.45, 7) is 5.95. The van der Waals surface area contributed by atoms with E-state index < -0.39 is 0 Å². The molecule has 0 bridgehead atoms. The van der Waals surface area contributed by atoms with Crippen molar-refractivity contribution < 1.29 is 14.2 Å². The lowest BCUT2D eigenvalue weighted by molar-refractivity contribution is 0.347. The Morgan fingerprint density at radius 1 is 1.00 bits per heavy atom. The molecule has 0 atom stereocenters. The highest BCUT2D eigenvalue weighted by molar-refractivity contribution is 5.79. The zero-order valence-corrected chi connectivity index (χ0v) is 15.7. The van der Waals surface area contributed by atoms with Gasteiger partial charge in [0.2, 0.25) is 0 Å². The number of hydrogen-bond acceptors (Lipinski definition) is 4. The van der Waals surface area contributed by atoms with Crippen molar-refractivity contribution in [1.29, 1.82) is 0 Å². The molecule has 0 saturated heterocycles. The van der Waals surface area contributed by atoms with Crippen LogP contribution in [0.15, 0.2) is 17.1 Å². The Labute approximate surface area is 145 Å². The maximum Gasteiger partial charge on any atom is 0.191 e. The summed E-state index contributed by atoms with van der Waals surface area (Å²) in [6.07, 6.45) is 2.32. The molecule has 0 aromatic heterocycles. The maximum absolute atomic E-state index is 5.44. The molecular weight excluding hydrogens is 306 g/mol. The van der Waals surface area contributed by atoms with Crippen LogP contribution in [-0.2, 0) is 6.54 Å². The molecule has 6 heteroatoms. The minimum Gasteiger partial charge on any atom is -0.496 e. The lowest BCUT2D eigenvalue weighted by Crippen LogP contribution is -2.37. The zero-order valence-electron chi connectivity index (χ0n) is 15.7. The van der Waals surface area contributed by atoms with Crippen molar-refractivity contribution in [2.45, 2.75) is 33.2 Å². The van der Waals surface area contributed by atoms with Gasteiger partial charge in [0.25, 0.3) is 0 Å². The number of guanidine groups is 1. The van der Waals surface area contributed by atoms with Gasteiger partial charge in [0, 0.05) is 31.8 Å². The predicted molar refractivity (Wildman–Crippen MR) is 98.4 cm³/mol. The van der Waals surface area contributed by atoms with E-state index in [4.69, 9.17) is 14.2 Å². The number of methoxy groups -OCH3 is 3. The monoisotopic (exact) mass is 337 g/mol. The molecule has 0 radical (unpaired) electrons. The Morgan fingerprint density at radius 2 is 1.62 bits per heavy atom. The van der Waals surface area contributed by atoms with Crippen molar-refractivity contribution in [3.8, 4) is 17.2 Å². The first-order chi connectivity index (χ1) is 11.5. The minimum absolute atomic E-state index is 0.577. The number of aliphatic imine (C=N–C) groups is 1. The molecule has 1 aromatic carbocycles. The van der Waals surface area contributed by atoms with Crippen LogP contribution in [-0.4, -0.2) is 40.9 Å². The summed E-state index contributed by atoms with van der Waals surface area (Å²) in [5, 5.41) is 6.63. The molecule has 0 saturated carbocycles. The van der Waals surface area contributed by atoms with E-state index in [0.29, 0.717) is 18.0 Å². The van der Waals surface area contributed by atoms with Gasteiger partial charge in [-0.1, -0.05) is 13.8 Å². The molecule has 2 N–H and O–H groups in total. The summed E-state index contributed by atoms with van der Waals surface area (Å²) in [7, 11) is 6.64. The van der Waals surface area contributed by atoms with Crippen molar-refractivity contribution >= 4 is 5.96 Å². The van der Waals surface area contributed by atoms with Crippen LogP contribution < -0.4 is 24.8 Å². The third kappa shape index (κ3) is 6.18. The van der Waals surface area contributed by atoms with Gasteiger partial charge in [0.15, 0.2) is 17.5 Å². The highest BCUT2D eigenvalue weighted by atomic mass is 16.5. The number of hydrogen-bond donors (Lipinski definition) is 2. The molecule has 0 unspecified atom stereocenters. The molecule has 0 aliphatic rings. The summed E-state index contributed by atoms with van der Waals surface area (Å²) in [5.74, 6) is 3.56. The molecule has 0 aliphatic heterocycles. The second-order valence-electron chi connectivity index (χ2n) is 5.91. The van der Waals surface area contributed by atoms with Gasteiger partial charge < -0.3 is 24.8 Å². The van der Waals surface area contributed by atoms with Gasteiger partial charge in [-0.3, -0.25) is 4.99 Å². The Kier molecular flexibility index (Phi) is 8.83. The van der Waals surface area contributed by atoms with E-state index in [0.717, 1.165) is 36.2 Å². The van der Waals surface area contributed by atoms with Crippen molar-refractivity contribution in [3.05, 3.63) is 17.7 Å². The van der Waals surface area contributed by atoms with Gasteiger partial charge in [-0.15, -0.1) is 0 Å². The molecule has 0 spiro atoms. The number of benzene rings is 1. The molecular formula is C18H31N3O3. The fraction of sp³-hybridized carbons (Fsp3) is 0.611. The molecule has 0 aliphatic carbocycles. The molecule has 0 fully saturated rings. The van der Waals surface area contributed by atoms with Crippen LogP contribution >= 0.6 is 0 Å². The van der Waals surface area contributed by atoms with Gasteiger partial charge in [-0.05, 0) is 24.8 Å². The first kappa shape index (κ1) is 19.9. The fourth-order valence-electron chi connectivity index (χ4n) is 2.35. The summed E-state index contributed by atoms with van der Waals surface area (Å²) in [5.41, 5.74) is 0.972. The van der Waals surface area contributed by atoms with Crippen molar-refractivity contribution in [2.75, 3.05) is 34.9 Å². The van der Waals surface area contributed by atoms with Gasteiger partial charge in [-0.25, -0.2) is 0 Å². The quantitative estimate of drug-likeness (QED) is 0.412. The highest BCUT2D eigenvalue weighted by Crippen LogP contribution is 2.34. The molecule has 1 aromatic rings. The minimum atomic E-state index is 0.577. The number of nitrogens with one attached hydrogen (secondary N) is 2. The maximum atomic E-state index is 5.44. The largest absolute Gasteiger partial charge is 0.496 e. The Bertz CT molecular complexity index is 530. The average Bonchev–Trinajstić information content (AvgIpc) is 2.59. The van der Waals surface area contributed by atoms with Gasteiger partial charge in [-0.2, -0.15) is 0 Å².